The molecule has 0 aliphatic carbocycles. The lowest BCUT2D eigenvalue weighted by molar-refractivity contribution is 0.344. The van der Waals surface area contributed by atoms with Crippen LogP contribution in [0.25, 0.3) is 0 Å². The zero-order chi connectivity index (χ0) is 11.2. The maximum absolute atomic E-state index is 5.77. The Balaban J connectivity index is 1.98. The van der Waals surface area contributed by atoms with E-state index in [0.717, 1.165) is 5.56 Å². The van der Waals surface area contributed by atoms with Crippen LogP contribution in [0.4, 0.5) is 0 Å². The van der Waals surface area contributed by atoms with Gasteiger partial charge >= 0.3 is 0 Å². The Hall–Kier alpha value is -1.80. The minimum atomic E-state index is 0.709. The van der Waals surface area contributed by atoms with Crippen LogP contribution in [-0.4, -0.2) is 6.21 Å². The van der Waals surface area contributed by atoms with Crippen molar-refractivity contribution in [1.29, 1.82) is 0 Å². The number of halogens is 1. The van der Waals surface area contributed by atoms with E-state index in [2.05, 4.69) is 5.16 Å². The summed E-state index contributed by atoms with van der Waals surface area (Å²) in [5, 5.41) is 4.58. The summed E-state index contributed by atoms with van der Waals surface area (Å²) < 4.78 is 0. The fraction of sp³-hybridized carbons (Fsp3) is 0. The minimum Gasteiger partial charge on any atom is -0.357 e. The molecule has 0 bridgehead atoms. The van der Waals surface area contributed by atoms with Crippen molar-refractivity contribution in [2.24, 2.45) is 5.16 Å². The van der Waals surface area contributed by atoms with E-state index in [1.54, 1.807) is 6.21 Å². The summed E-state index contributed by atoms with van der Waals surface area (Å²) in [6.07, 6.45) is 1.64. The first-order valence-corrected chi connectivity index (χ1v) is 5.23. The number of benzene rings is 2. The lowest BCUT2D eigenvalue weighted by atomic mass is 10.2. The zero-order valence-corrected chi connectivity index (χ0v) is 9.26. The smallest absolute Gasteiger partial charge is 0.157 e. The second-order valence-corrected chi connectivity index (χ2v) is 3.63. The molecule has 80 valence electrons. The SMILES string of the molecule is Clc1ccc(/C=N\Oc2ccccc2)cc1. The van der Waals surface area contributed by atoms with Crippen molar-refractivity contribution in [2.45, 2.75) is 0 Å². The maximum atomic E-state index is 5.77. The van der Waals surface area contributed by atoms with Crippen molar-refractivity contribution in [3.63, 3.8) is 0 Å². The van der Waals surface area contributed by atoms with Gasteiger partial charge in [0.1, 0.15) is 0 Å². The van der Waals surface area contributed by atoms with Crippen LogP contribution in [0, 0.1) is 0 Å². The normalized spacial score (nSPS) is 10.6. The van der Waals surface area contributed by atoms with Gasteiger partial charge in [-0.05, 0) is 29.8 Å². The Kier molecular flexibility index (Phi) is 3.57. The Labute approximate surface area is 99.1 Å². The molecule has 16 heavy (non-hydrogen) atoms. The number of hydrogen-bond donors (Lipinski definition) is 0. The summed E-state index contributed by atoms with van der Waals surface area (Å²) in [6, 6.07) is 16.8. The highest BCUT2D eigenvalue weighted by Crippen LogP contribution is 2.10. The summed E-state index contributed by atoms with van der Waals surface area (Å²) in [4.78, 5) is 5.18. The highest BCUT2D eigenvalue weighted by atomic mass is 35.5. The standard InChI is InChI=1S/C13H10ClNO/c14-12-8-6-11(7-9-12)10-15-16-13-4-2-1-3-5-13/h1-10H/b15-10-. The monoisotopic (exact) mass is 231 g/mol. The Morgan fingerprint density at radius 1 is 0.938 bits per heavy atom. The molecule has 0 amide bonds. The van der Waals surface area contributed by atoms with E-state index >= 15 is 0 Å². The summed E-state index contributed by atoms with van der Waals surface area (Å²) in [7, 11) is 0. The molecule has 0 aromatic heterocycles. The minimum absolute atomic E-state index is 0.709. The van der Waals surface area contributed by atoms with Crippen LogP contribution in [0.15, 0.2) is 59.8 Å². The van der Waals surface area contributed by atoms with E-state index < -0.39 is 0 Å². The molecule has 0 N–H and O–H groups in total. The van der Waals surface area contributed by atoms with Crippen molar-refractivity contribution < 1.29 is 4.84 Å². The topological polar surface area (TPSA) is 21.6 Å². The van der Waals surface area contributed by atoms with Crippen LogP contribution in [0.2, 0.25) is 5.02 Å². The molecule has 0 unspecified atom stereocenters. The molecule has 0 aliphatic heterocycles. The van der Waals surface area contributed by atoms with E-state index in [4.69, 9.17) is 16.4 Å². The number of oxime groups is 1. The molecule has 0 fully saturated rings. The number of hydrogen-bond acceptors (Lipinski definition) is 2. The average Bonchev–Trinajstić information content (AvgIpc) is 2.33. The predicted octanol–water partition coefficient (Wildman–Crippen LogP) is 3.75. The molecule has 0 spiro atoms. The summed E-state index contributed by atoms with van der Waals surface area (Å²) in [5.74, 6) is 0.715. The van der Waals surface area contributed by atoms with Gasteiger partial charge in [-0.3, -0.25) is 0 Å². The zero-order valence-electron chi connectivity index (χ0n) is 8.51. The highest BCUT2D eigenvalue weighted by molar-refractivity contribution is 6.30. The molecule has 2 nitrogen and oxygen atoms in total. The molecule has 2 aromatic rings. The first kappa shape index (κ1) is 10.7. The van der Waals surface area contributed by atoms with Crippen molar-refractivity contribution in [3.8, 4) is 5.75 Å². The predicted molar refractivity (Wildman–Crippen MR) is 66.1 cm³/mol. The highest BCUT2D eigenvalue weighted by Gasteiger charge is 1.90. The molecule has 3 heteroatoms. The molecule has 0 atom stereocenters. The van der Waals surface area contributed by atoms with Crippen LogP contribution >= 0.6 is 11.6 Å². The fourth-order valence-electron chi connectivity index (χ4n) is 1.18. The lowest BCUT2D eigenvalue weighted by Gasteiger charge is -1.96. The van der Waals surface area contributed by atoms with Crippen LogP contribution < -0.4 is 4.84 Å². The Bertz CT molecular complexity index is 465. The van der Waals surface area contributed by atoms with Gasteiger partial charge in [-0.15, -0.1) is 0 Å². The van der Waals surface area contributed by atoms with Crippen molar-refractivity contribution >= 4 is 17.8 Å². The first-order valence-electron chi connectivity index (χ1n) is 4.85. The van der Waals surface area contributed by atoms with Crippen molar-refractivity contribution in [3.05, 3.63) is 65.2 Å². The van der Waals surface area contributed by atoms with Gasteiger partial charge in [0.2, 0.25) is 0 Å². The summed E-state index contributed by atoms with van der Waals surface area (Å²) in [6.45, 7) is 0. The quantitative estimate of drug-likeness (QED) is 0.582. The molecule has 0 saturated heterocycles. The van der Waals surface area contributed by atoms with Crippen molar-refractivity contribution in [2.75, 3.05) is 0 Å². The third kappa shape index (κ3) is 3.11. The number of rotatable bonds is 3. The molecular weight excluding hydrogens is 222 g/mol. The molecule has 0 aliphatic rings. The van der Waals surface area contributed by atoms with Gasteiger partial charge in [-0.2, -0.15) is 0 Å². The number of para-hydroxylation sites is 1. The molecular formula is C13H10ClNO. The van der Waals surface area contributed by atoms with Gasteiger partial charge in [-0.25, -0.2) is 0 Å². The third-order valence-electron chi connectivity index (χ3n) is 1.97. The van der Waals surface area contributed by atoms with Gasteiger partial charge in [-0.1, -0.05) is 47.1 Å². The largest absolute Gasteiger partial charge is 0.357 e. The van der Waals surface area contributed by atoms with Crippen LogP contribution in [0.5, 0.6) is 5.75 Å². The Morgan fingerprint density at radius 3 is 2.31 bits per heavy atom. The Morgan fingerprint density at radius 2 is 1.62 bits per heavy atom. The molecule has 0 radical (unpaired) electrons. The molecule has 2 aromatic carbocycles. The second kappa shape index (κ2) is 5.33. The van der Waals surface area contributed by atoms with Gasteiger partial charge < -0.3 is 4.84 Å². The van der Waals surface area contributed by atoms with E-state index in [-0.39, 0.29) is 0 Å². The molecule has 0 saturated carbocycles. The van der Waals surface area contributed by atoms with E-state index in [9.17, 15) is 0 Å². The molecule has 0 heterocycles. The van der Waals surface area contributed by atoms with Gasteiger partial charge in [0.15, 0.2) is 5.75 Å². The van der Waals surface area contributed by atoms with Gasteiger partial charge in [0.25, 0.3) is 0 Å². The third-order valence-corrected chi connectivity index (χ3v) is 2.23. The van der Waals surface area contributed by atoms with Crippen molar-refractivity contribution in [1.82, 2.24) is 0 Å². The van der Waals surface area contributed by atoms with Gasteiger partial charge in [0, 0.05) is 5.02 Å². The van der Waals surface area contributed by atoms with E-state index in [1.165, 1.54) is 0 Å². The van der Waals surface area contributed by atoms with Gasteiger partial charge in [0.05, 0.1) is 6.21 Å². The fourth-order valence-corrected chi connectivity index (χ4v) is 1.30. The van der Waals surface area contributed by atoms with Crippen LogP contribution in [0.3, 0.4) is 0 Å². The first-order chi connectivity index (χ1) is 7.84. The lowest BCUT2D eigenvalue weighted by Crippen LogP contribution is -1.86. The molecule has 2 rings (SSSR count). The maximum Gasteiger partial charge on any atom is 0.157 e. The number of nitrogens with zero attached hydrogens (tertiary/aromatic N) is 1. The summed E-state index contributed by atoms with van der Waals surface area (Å²) in [5.41, 5.74) is 0.945. The van der Waals surface area contributed by atoms with Crippen LogP contribution in [-0.2, 0) is 0 Å². The van der Waals surface area contributed by atoms with E-state index in [0.29, 0.717) is 10.8 Å². The second-order valence-electron chi connectivity index (χ2n) is 3.19. The average molecular weight is 232 g/mol. The summed E-state index contributed by atoms with van der Waals surface area (Å²) >= 11 is 5.77. The van der Waals surface area contributed by atoms with Crippen LogP contribution in [0.1, 0.15) is 5.56 Å². The van der Waals surface area contributed by atoms with E-state index in [1.807, 2.05) is 54.6 Å².